The second-order valence-electron chi connectivity index (χ2n) is 5.62. The second kappa shape index (κ2) is 6.39. The molecule has 0 radical (unpaired) electrons. The average Bonchev–Trinajstić information content (AvgIpc) is 2.60. The molecule has 1 aliphatic rings. The third-order valence-corrected chi connectivity index (χ3v) is 6.66. The zero-order valence-corrected chi connectivity index (χ0v) is 14.0. The Labute approximate surface area is 140 Å². The molecule has 0 amide bonds. The van der Waals surface area contributed by atoms with E-state index < -0.39 is 0 Å². The zero-order valence-electron chi connectivity index (χ0n) is 12.4. The van der Waals surface area contributed by atoms with Gasteiger partial charge in [-0.25, -0.2) is 0 Å². The highest BCUT2D eigenvalue weighted by molar-refractivity contribution is 8.00. The highest BCUT2D eigenvalue weighted by atomic mass is 32.2. The molecule has 1 heterocycles. The average molecular weight is 322 g/mol. The van der Waals surface area contributed by atoms with E-state index in [9.17, 15) is 0 Å². The molecule has 110 valence electrons. The number of benzene rings is 3. The van der Waals surface area contributed by atoms with Crippen LogP contribution in [-0.2, 0) is 5.75 Å². The Kier molecular flexibility index (Phi) is 4.13. The molecule has 0 bridgehead atoms. The monoisotopic (exact) mass is 322 g/mol. The van der Waals surface area contributed by atoms with Crippen molar-refractivity contribution >= 4 is 34.3 Å². The summed E-state index contributed by atoms with van der Waals surface area (Å²) in [5.41, 5.74) is 2.99. The molecule has 0 aromatic heterocycles. The van der Waals surface area contributed by atoms with E-state index in [0.29, 0.717) is 5.25 Å². The van der Waals surface area contributed by atoms with Gasteiger partial charge in [-0.3, -0.25) is 0 Å². The lowest BCUT2D eigenvalue weighted by Crippen LogP contribution is -2.05. The molecular weight excluding hydrogens is 304 g/mol. The van der Waals surface area contributed by atoms with Crippen LogP contribution in [0.1, 0.15) is 22.8 Å². The summed E-state index contributed by atoms with van der Waals surface area (Å²) in [6.07, 6.45) is 1.27. The maximum Gasteiger partial charge on any atom is 0.0325 e. The summed E-state index contributed by atoms with van der Waals surface area (Å²) in [5, 5.41) is 3.43. The van der Waals surface area contributed by atoms with Crippen LogP contribution in [0.25, 0.3) is 10.8 Å². The van der Waals surface area contributed by atoms with Crippen molar-refractivity contribution in [1.82, 2.24) is 0 Å². The Balaban J connectivity index is 1.67. The van der Waals surface area contributed by atoms with Crippen molar-refractivity contribution in [1.29, 1.82) is 0 Å². The first kappa shape index (κ1) is 14.2. The number of hydrogen-bond acceptors (Lipinski definition) is 2. The van der Waals surface area contributed by atoms with Gasteiger partial charge in [-0.2, -0.15) is 0 Å². The van der Waals surface area contributed by atoms with Crippen molar-refractivity contribution in [3.63, 3.8) is 0 Å². The summed E-state index contributed by atoms with van der Waals surface area (Å²) in [7, 11) is 0. The van der Waals surface area contributed by atoms with Gasteiger partial charge in [0.2, 0.25) is 0 Å². The van der Waals surface area contributed by atoms with Crippen LogP contribution in [0.5, 0.6) is 0 Å². The van der Waals surface area contributed by atoms with E-state index in [4.69, 9.17) is 0 Å². The van der Waals surface area contributed by atoms with Gasteiger partial charge in [0.25, 0.3) is 0 Å². The predicted molar refractivity (Wildman–Crippen MR) is 99.8 cm³/mol. The molecule has 0 fully saturated rings. The quantitative estimate of drug-likeness (QED) is 0.554. The van der Waals surface area contributed by atoms with Crippen molar-refractivity contribution in [2.45, 2.75) is 22.3 Å². The van der Waals surface area contributed by atoms with Crippen LogP contribution in [0.4, 0.5) is 0 Å². The van der Waals surface area contributed by atoms with Gasteiger partial charge in [0.1, 0.15) is 0 Å². The molecule has 3 aromatic carbocycles. The molecule has 0 spiro atoms. The second-order valence-corrected chi connectivity index (χ2v) is 7.95. The minimum absolute atomic E-state index is 0.613. The molecule has 4 rings (SSSR count). The SMILES string of the molecule is c1ccc(CSC2CCSc3ccc4ccccc4c32)cc1. The Morgan fingerprint density at radius 1 is 0.909 bits per heavy atom. The first-order valence-corrected chi connectivity index (χ1v) is 9.75. The van der Waals surface area contributed by atoms with E-state index in [1.54, 1.807) is 5.56 Å². The van der Waals surface area contributed by atoms with Crippen LogP contribution in [-0.4, -0.2) is 5.75 Å². The van der Waals surface area contributed by atoms with Crippen LogP contribution in [0.15, 0.2) is 71.6 Å². The van der Waals surface area contributed by atoms with Crippen molar-refractivity contribution < 1.29 is 0 Å². The van der Waals surface area contributed by atoms with Gasteiger partial charge in [-0.15, -0.1) is 23.5 Å². The number of fused-ring (bicyclic) bond motifs is 3. The molecule has 0 N–H and O–H groups in total. The highest BCUT2D eigenvalue weighted by Gasteiger charge is 2.23. The van der Waals surface area contributed by atoms with Crippen LogP contribution in [0.2, 0.25) is 0 Å². The number of rotatable bonds is 3. The van der Waals surface area contributed by atoms with Gasteiger partial charge in [0.15, 0.2) is 0 Å². The van der Waals surface area contributed by atoms with Crippen LogP contribution < -0.4 is 0 Å². The number of thioether (sulfide) groups is 2. The molecule has 22 heavy (non-hydrogen) atoms. The van der Waals surface area contributed by atoms with Crippen molar-refractivity contribution in [3.8, 4) is 0 Å². The van der Waals surface area contributed by atoms with E-state index >= 15 is 0 Å². The Bertz CT molecular complexity index is 780. The van der Waals surface area contributed by atoms with Gasteiger partial charge in [-0.05, 0) is 40.1 Å². The number of hydrogen-bond donors (Lipinski definition) is 0. The Morgan fingerprint density at radius 3 is 2.64 bits per heavy atom. The summed E-state index contributed by atoms with van der Waals surface area (Å²) in [6, 6.07) is 24.2. The lowest BCUT2D eigenvalue weighted by Gasteiger charge is -2.26. The third-order valence-electron chi connectivity index (χ3n) is 4.18. The topological polar surface area (TPSA) is 0 Å². The van der Waals surface area contributed by atoms with Crippen molar-refractivity contribution in [2.75, 3.05) is 5.75 Å². The van der Waals surface area contributed by atoms with E-state index in [-0.39, 0.29) is 0 Å². The van der Waals surface area contributed by atoms with E-state index in [1.165, 1.54) is 33.4 Å². The van der Waals surface area contributed by atoms with E-state index in [0.717, 1.165) is 5.75 Å². The smallest absolute Gasteiger partial charge is 0.0325 e. The maximum absolute atomic E-state index is 2.32. The fourth-order valence-corrected chi connectivity index (χ4v) is 5.75. The Hall–Kier alpha value is -1.38. The van der Waals surface area contributed by atoms with Crippen LogP contribution in [0, 0.1) is 0 Å². The first-order chi connectivity index (χ1) is 10.9. The fraction of sp³-hybridized carbons (Fsp3) is 0.200. The molecular formula is C20H18S2. The minimum Gasteiger partial charge on any atom is -0.149 e. The molecule has 2 heteroatoms. The summed E-state index contributed by atoms with van der Waals surface area (Å²) in [5.74, 6) is 2.33. The molecule has 0 saturated heterocycles. The molecule has 1 aliphatic heterocycles. The van der Waals surface area contributed by atoms with Crippen LogP contribution >= 0.6 is 23.5 Å². The van der Waals surface area contributed by atoms with Gasteiger partial charge in [0.05, 0.1) is 0 Å². The van der Waals surface area contributed by atoms with Crippen LogP contribution in [0.3, 0.4) is 0 Å². The lowest BCUT2D eigenvalue weighted by molar-refractivity contribution is 0.874. The van der Waals surface area contributed by atoms with Gasteiger partial charge >= 0.3 is 0 Å². The standard InChI is InChI=1S/C20H18S2/c1-2-6-15(7-3-1)14-22-19-12-13-21-18-11-10-16-8-4-5-9-17(16)20(18)19/h1-11,19H,12-14H2. The Morgan fingerprint density at radius 2 is 1.73 bits per heavy atom. The molecule has 0 saturated carbocycles. The minimum atomic E-state index is 0.613. The highest BCUT2D eigenvalue weighted by Crippen LogP contribution is 2.47. The summed E-state index contributed by atoms with van der Waals surface area (Å²) in [6.45, 7) is 0. The normalized spacial score (nSPS) is 17.4. The predicted octanol–water partition coefficient (Wildman–Crippen LogP) is 6.31. The summed E-state index contributed by atoms with van der Waals surface area (Å²) in [4.78, 5) is 1.48. The molecule has 3 aromatic rings. The zero-order chi connectivity index (χ0) is 14.8. The van der Waals surface area contributed by atoms with Gasteiger partial charge < -0.3 is 0 Å². The molecule has 0 aliphatic carbocycles. The maximum atomic E-state index is 2.32. The molecule has 0 nitrogen and oxygen atoms in total. The molecule has 1 unspecified atom stereocenters. The fourth-order valence-electron chi connectivity index (χ4n) is 3.09. The lowest BCUT2D eigenvalue weighted by atomic mass is 10.0. The van der Waals surface area contributed by atoms with E-state index in [1.807, 2.05) is 11.8 Å². The van der Waals surface area contributed by atoms with Crippen molar-refractivity contribution in [2.24, 2.45) is 0 Å². The summed E-state index contributed by atoms with van der Waals surface area (Å²) >= 11 is 4.11. The van der Waals surface area contributed by atoms with E-state index in [2.05, 4.69) is 78.5 Å². The van der Waals surface area contributed by atoms with Crippen molar-refractivity contribution in [3.05, 3.63) is 77.9 Å². The third kappa shape index (κ3) is 2.78. The van der Waals surface area contributed by atoms with Gasteiger partial charge in [-0.1, -0.05) is 60.7 Å². The molecule has 1 atom stereocenters. The first-order valence-electron chi connectivity index (χ1n) is 7.72. The van der Waals surface area contributed by atoms with Gasteiger partial charge in [0, 0.05) is 15.9 Å². The summed E-state index contributed by atoms with van der Waals surface area (Å²) < 4.78 is 0. The largest absolute Gasteiger partial charge is 0.149 e.